The van der Waals surface area contributed by atoms with Crippen LogP contribution in [0.3, 0.4) is 0 Å². The first-order valence-electron chi connectivity index (χ1n) is 9.25. The van der Waals surface area contributed by atoms with E-state index in [0.29, 0.717) is 0 Å². The average molecular weight is 455 g/mol. The molecule has 0 spiro atoms. The molecule has 1 atom stereocenters. The summed E-state index contributed by atoms with van der Waals surface area (Å²) in [4.78, 5) is 4.29. The van der Waals surface area contributed by atoms with Crippen molar-refractivity contribution in [3.05, 3.63) is 0 Å². The van der Waals surface area contributed by atoms with Crippen LogP contribution in [0.2, 0.25) is 0 Å². The van der Waals surface area contributed by atoms with Crippen molar-refractivity contribution in [1.82, 2.24) is 10.6 Å². The fourth-order valence-corrected chi connectivity index (χ4v) is 3.04. The number of halogens is 1. The van der Waals surface area contributed by atoms with Gasteiger partial charge in [-0.15, -0.1) is 24.0 Å². The smallest absolute Gasteiger partial charge is 0.190 e. The molecule has 1 heterocycles. The third-order valence-corrected chi connectivity index (χ3v) is 4.68. The lowest BCUT2D eigenvalue weighted by atomic mass is 9.84. The molecule has 0 aromatic heterocycles. The molecule has 1 aliphatic rings. The van der Waals surface area contributed by atoms with E-state index in [1.807, 2.05) is 7.05 Å². The first-order valence-corrected chi connectivity index (χ1v) is 9.25. The highest BCUT2D eigenvalue weighted by atomic mass is 127. The van der Waals surface area contributed by atoms with Crippen LogP contribution in [0, 0.1) is 11.3 Å². The molecule has 0 aromatic carbocycles. The Kier molecular flexibility index (Phi) is 14.1. The minimum atomic E-state index is 0. The van der Waals surface area contributed by atoms with Crippen LogP contribution in [-0.4, -0.2) is 51.0 Å². The van der Waals surface area contributed by atoms with Crippen molar-refractivity contribution < 1.29 is 9.84 Å². The topological polar surface area (TPSA) is 65.9 Å². The molecule has 5 nitrogen and oxygen atoms in total. The number of unbranched alkanes of at least 4 members (excludes halogenated alkanes) is 3. The fraction of sp³-hybridized carbons (Fsp3) is 0.944. The third kappa shape index (κ3) is 10.0. The molecule has 0 amide bonds. The maximum atomic E-state index is 9.26. The molecule has 6 heteroatoms. The Bertz CT molecular complexity index is 332. The zero-order valence-electron chi connectivity index (χ0n) is 15.8. The monoisotopic (exact) mass is 455 g/mol. The molecule has 0 aromatic rings. The summed E-state index contributed by atoms with van der Waals surface area (Å²) in [6.45, 7) is 8.09. The molecule has 0 bridgehead atoms. The Balaban J connectivity index is 0.00000529. The molecule has 0 saturated carbocycles. The van der Waals surface area contributed by atoms with Crippen molar-refractivity contribution >= 4 is 29.9 Å². The Labute approximate surface area is 165 Å². The number of hydrogen-bond donors (Lipinski definition) is 3. The van der Waals surface area contributed by atoms with Crippen LogP contribution < -0.4 is 10.6 Å². The lowest BCUT2D eigenvalue weighted by Crippen LogP contribution is -2.44. The number of nitrogens with one attached hydrogen (secondary N) is 2. The number of ether oxygens (including phenoxy) is 1. The van der Waals surface area contributed by atoms with Crippen LogP contribution in [-0.2, 0) is 4.74 Å². The summed E-state index contributed by atoms with van der Waals surface area (Å²) in [5.74, 6) is 1.68. The molecule has 24 heavy (non-hydrogen) atoms. The molecule has 1 rings (SSSR count). The van der Waals surface area contributed by atoms with Crippen LogP contribution >= 0.6 is 24.0 Å². The molecule has 0 aliphatic carbocycles. The Morgan fingerprint density at radius 2 is 1.96 bits per heavy atom. The predicted molar refractivity (Wildman–Crippen MR) is 112 cm³/mol. The second kappa shape index (κ2) is 14.1. The zero-order chi connectivity index (χ0) is 17.0. The first-order chi connectivity index (χ1) is 11.1. The Hall–Kier alpha value is -0.0800. The van der Waals surface area contributed by atoms with Crippen molar-refractivity contribution in [2.45, 2.75) is 58.8 Å². The standard InChI is InChI=1S/C18H37N3O2.HI/c1-16(2)8-6-4-5-7-11-20-17(19-3)21-14-18(9-12-22)10-13-23-15-18;/h16,22H,4-15H2,1-3H3,(H2,19,20,21);1H. The van der Waals surface area contributed by atoms with E-state index in [0.717, 1.165) is 51.0 Å². The number of guanidine groups is 1. The number of nitrogens with zero attached hydrogens (tertiary/aromatic N) is 1. The lowest BCUT2D eigenvalue weighted by Gasteiger charge is -2.27. The van der Waals surface area contributed by atoms with E-state index in [1.165, 1.54) is 32.1 Å². The number of aliphatic imine (C=N–C) groups is 1. The van der Waals surface area contributed by atoms with Gasteiger partial charge in [-0.05, 0) is 25.2 Å². The lowest BCUT2D eigenvalue weighted by molar-refractivity contribution is 0.127. The molecule has 1 aliphatic heterocycles. The number of hydrogen-bond acceptors (Lipinski definition) is 3. The second-order valence-electron chi connectivity index (χ2n) is 7.23. The highest BCUT2D eigenvalue weighted by Gasteiger charge is 2.34. The van der Waals surface area contributed by atoms with Gasteiger partial charge in [0, 0.05) is 38.8 Å². The highest BCUT2D eigenvalue weighted by molar-refractivity contribution is 14.0. The van der Waals surface area contributed by atoms with Gasteiger partial charge in [-0.1, -0.05) is 39.5 Å². The van der Waals surface area contributed by atoms with Crippen LogP contribution in [0.15, 0.2) is 4.99 Å². The summed E-state index contributed by atoms with van der Waals surface area (Å²) < 4.78 is 5.52. The SMILES string of the molecule is CN=C(NCCCCCCC(C)C)NCC1(CCO)CCOC1.I. The van der Waals surface area contributed by atoms with E-state index in [9.17, 15) is 5.11 Å². The molecular weight excluding hydrogens is 417 g/mol. The average Bonchev–Trinajstić information content (AvgIpc) is 2.98. The van der Waals surface area contributed by atoms with Gasteiger partial charge in [0.05, 0.1) is 6.61 Å². The predicted octanol–water partition coefficient (Wildman–Crippen LogP) is 3.17. The van der Waals surface area contributed by atoms with Crippen LogP contribution in [0.1, 0.15) is 58.8 Å². The van der Waals surface area contributed by atoms with Gasteiger partial charge in [-0.2, -0.15) is 0 Å². The van der Waals surface area contributed by atoms with E-state index in [1.54, 1.807) is 0 Å². The van der Waals surface area contributed by atoms with Crippen LogP contribution in [0.4, 0.5) is 0 Å². The van der Waals surface area contributed by atoms with Gasteiger partial charge in [0.15, 0.2) is 5.96 Å². The summed E-state index contributed by atoms with van der Waals surface area (Å²) in [6, 6.07) is 0. The number of aliphatic hydroxyl groups excluding tert-OH is 1. The summed E-state index contributed by atoms with van der Waals surface area (Å²) in [6.07, 6.45) is 8.26. The van der Waals surface area contributed by atoms with E-state index in [4.69, 9.17) is 4.74 Å². The largest absolute Gasteiger partial charge is 0.396 e. The summed E-state index contributed by atoms with van der Waals surface area (Å²) in [7, 11) is 1.81. The fourth-order valence-electron chi connectivity index (χ4n) is 3.04. The van der Waals surface area contributed by atoms with Gasteiger partial charge in [0.25, 0.3) is 0 Å². The van der Waals surface area contributed by atoms with Crippen molar-refractivity contribution in [2.75, 3.05) is 40.0 Å². The summed E-state index contributed by atoms with van der Waals surface area (Å²) in [5, 5.41) is 16.1. The van der Waals surface area contributed by atoms with Gasteiger partial charge in [-0.25, -0.2) is 0 Å². The Morgan fingerprint density at radius 3 is 2.54 bits per heavy atom. The number of rotatable bonds is 11. The van der Waals surface area contributed by atoms with Gasteiger partial charge in [0.1, 0.15) is 0 Å². The highest BCUT2D eigenvalue weighted by Crippen LogP contribution is 2.31. The Morgan fingerprint density at radius 1 is 1.21 bits per heavy atom. The van der Waals surface area contributed by atoms with E-state index < -0.39 is 0 Å². The third-order valence-electron chi connectivity index (χ3n) is 4.68. The summed E-state index contributed by atoms with van der Waals surface area (Å²) in [5.41, 5.74) is 0.0587. The van der Waals surface area contributed by atoms with Crippen molar-refractivity contribution in [1.29, 1.82) is 0 Å². The normalized spacial score (nSPS) is 21.0. The number of aliphatic hydroxyl groups is 1. The molecule has 3 N–H and O–H groups in total. The molecule has 144 valence electrons. The van der Waals surface area contributed by atoms with Crippen molar-refractivity contribution in [2.24, 2.45) is 16.3 Å². The van der Waals surface area contributed by atoms with Gasteiger partial charge >= 0.3 is 0 Å². The van der Waals surface area contributed by atoms with Crippen molar-refractivity contribution in [3.8, 4) is 0 Å². The van der Waals surface area contributed by atoms with E-state index in [-0.39, 0.29) is 36.0 Å². The minimum Gasteiger partial charge on any atom is -0.396 e. The van der Waals surface area contributed by atoms with Crippen molar-refractivity contribution in [3.63, 3.8) is 0 Å². The van der Waals surface area contributed by atoms with E-state index in [2.05, 4.69) is 29.5 Å². The molecule has 1 fully saturated rings. The van der Waals surface area contributed by atoms with E-state index >= 15 is 0 Å². The molecule has 1 saturated heterocycles. The first kappa shape index (κ1) is 23.9. The molecule has 1 unspecified atom stereocenters. The second-order valence-corrected chi connectivity index (χ2v) is 7.23. The maximum absolute atomic E-state index is 9.26. The van der Waals surface area contributed by atoms with Gasteiger partial charge in [-0.3, -0.25) is 4.99 Å². The maximum Gasteiger partial charge on any atom is 0.190 e. The minimum absolute atomic E-state index is 0. The summed E-state index contributed by atoms with van der Waals surface area (Å²) >= 11 is 0. The molecule has 0 radical (unpaired) electrons. The quantitative estimate of drug-likeness (QED) is 0.194. The van der Waals surface area contributed by atoms with Gasteiger partial charge < -0.3 is 20.5 Å². The zero-order valence-corrected chi connectivity index (χ0v) is 18.1. The van der Waals surface area contributed by atoms with Gasteiger partial charge in [0.2, 0.25) is 0 Å². The van der Waals surface area contributed by atoms with Crippen LogP contribution in [0.25, 0.3) is 0 Å². The molecular formula is C18H38IN3O2. The van der Waals surface area contributed by atoms with Crippen LogP contribution in [0.5, 0.6) is 0 Å².